The van der Waals surface area contributed by atoms with Gasteiger partial charge in [-0.25, -0.2) is 4.79 Å². The maximum atomic E-state index is 12.2. The van der Waals surface area contributed by atoms with Crippen LogP contribution in [0.1, 0.15) is 45.1 Å². The van der Waals surface area contributed by atoms with E-state index in [1.807, 2.05) is 26.8 Å². The largest absolute Gasteiger partial charge is 0.462 e. The highest BCUT2D eigenvalue weighted by atomic mass is 16.6. The van der Waals surface area contributed by atoms with Crippen molar-refractivity contribution in [1.82, 2.24) is 10.2 Å². The van der Waals surface area contributed by atoms with Crippen molar-refractivity contribution in [3.8, 4) is 0 Å². The van der Waals surface area contributed by atoms with Crippen molar-refractivity contribution in [1.29, 1.82) is 0 Å². The second kappa shape index (κ2) is 7.15. The average molecular weight is 310 g/mol. The second-order valence-corrected chi connectivity index (χ2v) is 6.61. The molecular formula is C16H26N2O4. The standard InChI is InChI=1S/C16H26N2O4/c1-16(2,3)22-15(20)18(12-4-5-12)9-8-17-10-13-6-7-14(11-19)21-13/h6-7,12,17,19H,4-5,8-11H2,1-3H3. The SMILES string of the molecule is CC(C)(C)OC(=O)N(CCNCc1ccc(CO)o1)C1CC1. The quantitative estimate of drug-likeness (QED) is 0.756. The number of aliphatic hydroxyl groups is 1. The van der Waals surface area contributed by atoms with Gasteiger partial charge in [-0.3, -0.25) is 0 Å². The molecule has 124 valence electrons. The third-order valence-corrected chi connectivity index (χ3v) is 3.32. The highest BCUT2D eigenvalue weighted by Crippen LogP contribution is 2.28. The van der Waals surface area contributed by atoms with Gasteiger partial charge in [0.15, 0.2) is 0 Å². The summed E-state index contributed by atoms with van der Waals surface area (Å²) in [5.74, 6) is 1.34. The van der Waals surface area contributed by atoms with E-state index in [1.54, 1.807) is 11.0 Å². The zero-order chi connectivity index (χ0) is 16.2. The number of furan rings is 1. The van der Waals surface area contributed by atoms with Crippen molar-refractivity contribution in [3.63, 3.8) is 0 Å². The lowest BCUT2D eigenvalue weighted by Gasteiger charge is -2.27. The van der Waals surface area contributed by atoms with E-state index >= 15 is 0 Å². The van der Waals surface area contributed by atoms with Crippen LogP contribution < -0.4 is 5.32 Å². The molecule has 0 unspecified atom stereocenters. The van der Waals surface area contributed by atoms with Crippen molar-refractivity contribution in [2.24, 2.45) is 0 Å². The normalized spacial score (nSPS) is 14.9. The lowest BCUT2D eigenvalue weighted by atomic mass is 10.2. The molecule has 0 bridgehead atoms. The van der Waals surface area contributed by atoms with E-state index in [-0.39, 0.29) is 12.7 Å². The fraction of sp³-hybridized carbons (Fsp3) is 0.688. The molecule has 1 aliphatic carbocycles. The highest BCUT2D eigenvalue weighted by molar-refractivity contribution is 5.69. The molecule has 1 aromatic rings. The summed E-state index contributed by atoms with van der Waals surface area (Å²) in [5, 5.41) is 12.2. The summed E-state index contributed by atoms with van der Waals surface area (Å²) >= 11 is 0. The second-order valence-electron chi connectivity index (χ2n) is 6.61. The smallest absolute Gasteiger partial charge is 0.410 e. The average Bonchev–Trinajstić information content (AvgIpc) is 3.14. The van der Waals surface area contributed by atoms with Crippen LogP contribution in [-0.4, -0.2) is 40.8 Å². The van der Waals surface area contributed by atoms with E-state index in [0.29, 0.717) is 31.4 Å². The number of ether oxygens (including phenoxy) is 1. The molecule has 1 fully saturated rings. The molecule has 6 nitrogen and oxygen atoms in total. The van der Waals surface area contributed by atoms with Crippen molar-refractivity contribution in [2.45, 2.75) is 58.4 Å². The molecule has 0 spiro atoms. The minimum Gasteiger partial charge on any atom is -0.462 e. The predicted molar refractivity (Wildman–Crippen MR) is 82.3 cm³/mol. The molecule has 22 heavy (non-hydrogen) atoms. The molecular weight excluding hydrogens is 284 g/mol. The molecule has 1 saturated carbocycles. The van der Waals surface area contributed by atoms with Crippen LogP contribution in [0.5, 0.6) is 0 Å². The fourth-order valence-electron chi connectivity index (χ4n) is 2.14. The first-order valence-corrected chi connectivity index (χ1v) is 7.78. The minimum atomic E-state index is -0.466. The van der Waals surface area contributed by atoms with E-state index in [0.717, 1.165) is 18.6 Å². The maximum Gasteiger partial charge on any atom is 0.410 e. The third-order valence-electron chi connectivity index (χ3n) is 3.32. The monoisotopic (exact) mass is 310 g/mol. The Labute approximate surface area is 131 Å². The number of nitrogens with one attached hydrogen (secondary N) is 1. The number of carbonyl (C=O) groups is 1. The van der Waals surface area contributed by atoms with Gasteiger partial charge in [-0.2, -0.15) is 0 Å². The van der Waals surface area contributed by atoms with E-state index < -0.39 is 5.60 Å². The van der Waals surface area contributed by atoms with Gasteiger partial charge in [0.1, 0.15) is 23.7 Å². The zero-order valence-electron chi connectivity index (χ0n) is 13.6. The Kier molecular flexibility index (Phi) is 5.47. The fourth-order valence-corrected chi connectivity index (χ4v) is 2.14. The number of carbonyl (C=O) groups excluding carboxylic acids is 1. The molecule has 1 heterocycles. The number of rotatable bonds is 7. The summed E-state index contributed by atoms with van der Waals surface area (Å²) in [5.41, 5.74) is -0.466. The van der Waals surface area contributed by atoms with Gasteiger partial charge in [-0.15, -0.1) is 0 Å². The molecule has 0 aromatic carbocycles. The van der Waals surface area contributed by atoms with Crippen LogP contribution in [0.15, 0.2) is 16.5 Å². The Morgan fingerprint density at radius 2 is 2.09 bits per heavy atom. The highest BCUT2D eigenvalue weighted by Gasteiger charge is 2.34. The van der Waals surface area contributed by atoms with Gasteiger partial charge >= 0.3 is 6.09 Å². The van der Waals surface area contributed by atoms with Gasteiger partial charge < -0.3 is 24.5 Å². The first-order valence-electron chi connectivity index (χ1n) is 7.78. The lowest BCUT2D eigenvalue weighted by Crippen LogP contribution is -2.41. The molecule has 0 aliphatic heterocycles. The molecule has 1 aliphatic rings. The van der Waals surface area contributed by atoms with Crippen molar-refractivity contribution < 1.29 is 19.1 Å². The summed E-state index contributed by atoms with van der Waals surface area (Å²) in [6.45, 7) is 7.41. The maximum absolute atomic E-state index is 12.2. The minimum absolute atomic E-state index is 0.0892. The topological polar surface area (TPSA) is 74.9 Å². The van der Waals surface area contributed by atoms with Gasteiger partial charge in [0.05, 0.1) is 6.54 Å². The first kappa shape index (κ1) is 16.8. The number of hydrogen-bond donors (Lipinski definition) is 2. The Bertz CT molecular complexity index is 489. The molecule has 2 rings (SSSR count). The number of nitrogens with zero attached hydrogens (tertiary/aromatic N) is 1. The van der Waals surface area contributed by atoms with Crippen molar-refractivity contribution >= 4 is 6.09 Å². The van der Waals surface area contributed by atoms with Gasteiger partial charge in [0.2, 0.25) is 0 Å². The van der Waals surface area contributed by atoms with E-state index in [2.05, 4.69) is 5.32 Å². The molecule has 1 aromatic heterocycles. The third kappa shape index (κ3) is 5.35. The van der Waals surface area contributed by atoms with Crippen LogP contribution in [0.3, 0.4) is 0 Å². The van der Waals surface area contributed by atoms with Crippen LogP contribution in [0.4, 0.5) is 4.79 Å². The van der Waals surface area contributed by atoms with Gasteiger partial charge in [0.25, 0.3) is 0 Å². The Hall–Kier alpha value is -1.53. The molecule has 2 N–H and O–H groups in total. The number of amides is 1. The van der Waals surface area contributed by atoms with Crippen LogP contribution >= 0.6 is 0 Å². The van der Waals surface area contributed by atoms with Crippen molar-refractivity contribution in [3.05, 3.63) is 23.7 Å². The van der Waals surface area contributed by atoms with Crippen LogP contribution in [-0.2, 0) is 17.9 Å². The van der Waals surface area contributed by atoms with Crippen LogP contribution in [0.25, 0.3) is 0 Å². The van der Waals surface area contributed by atoms with E-state index in [9.17, 15) is 4.79 Å². The van der Waals surface area contributed by atoms with Crippen LogP contribution in [0.2, 0.25) is 0 Å². The molecule has 1 amide bonds. The summed E-state index contributed by atoms with van der Waals surface area (Å²) < 4.78 is 10.8. The molecule has 0 atom stereocenters. The van der Waals surface area contributed by atoms with Crippen molar-refractivity contribution in [2.75, 3.05) is 13.1 Å². The zero-order valence-corrected chi connectivity index (χ0v) is 13.6. The Morgan fingerprint density at radius 3 is 2.64 bits per heavy atom. The van der Waals surface area contributed by atoms with Gasteiger partial charge in [-0.05, 0) is 45.7 Å². The molecule has 0 saturated heterocycles. The molecule has 6 heteroatoms. The lowest BCUT2D eigenvalue weighted by molar-refractivity contribution is 0.0235. The molecule has 0 radical (unpaired) electrons. The summed E-state index contributed by atoms with van der Waals surface area (Å²) in [6, 6.07) is 3.92. The Balaban J connectivity index is 1.74. The summed E-state index contributed by atoms with van der Waals surface area (Å²) in [4.78, 5) is 14.0. The van der Waals surface area contributed by atoms with Crippen LogP contribution in [0, 0.1) is 0 Å². The Morgan fingerprint density at radius 1 is 1.41 bits per heavy atom. The van der Waals surface area contributed by atoms with E-state index in [1.165, 1.54) is 0 Å². The summed E-state index contributed by atoms with van der Waals surface area (Å²) in [6.07, 6.45) is 1.87. The summed E-state index contributed by atoms with van der Waals surface area (Å²) in [7, 11) is 0. The van der Waals surface area contributed by atoms with Gasteiger partial charge in [-0.1, -0.05) is 0 Å². The van der Waals surface area contributed by atoms with Gasteiger partial charge in [0, 0.05) is 19.1 Å². The number of hydrogen-bond acceptors (Lipinski definition) is 5. The predicted octanol–water partition coefficient (Wildman–Crippen LogP) is 2.26. The van der Waals surface area contributed by atoms with E-state index in [4.69, 9.17) is 14.3 Å². The first-order chi connectivity index (χ1) is 10.4. The number of aliphatic hydroxyl groups excluding tert-OH is 1.